The number of carbonyl (C=O) groups excluding carboxylic acids is 7. The van der Waals surface area contributed by atoms with Crippen LogP contribution in [-0.2, 0) is 38.4 Å². The van der Waals surface area contributed by atoms with Crippen LogP contribution in [0.2, 0.25) is 0 Å². The van der Waals surface area contributed by atoms with Crippen molar-refractivity contribution in [3.8, 4) is 0 Å². The molecule has 0 aromatic carbocycles. The van der Waals surface area contributed by atoms with Crippen molar-refractivity contribution in [1.82, 2.24) is 14.7 Å². The van der Waals surface area contributed by atoms with Gasteiger partial charge in [0.05, 0.1) is 23.0 Å². The average molecular weight is 562 g/mol. The van der Waals surface area contributed by atoms with E-state index in [1.54, 1.807) is 20.8 Å². The number of aldehydes is 1. The van der Waals surface area contributed by atoms with Gasteiger partial charge in [-0.15, -0.1) is 0 Å². The highest BCUT2D eigenvalue weighted by Crippen LogP contribution is 2.17. The fourth-order valence-electron chi connectivity index (χ4n) is 3.08. The van der Waals surface area contributed by atoms with Gasteiger partial charge in [0.25, 0.3) is 0 Å². The number of rotatable bonds is 6. The molecule has 0 aliphatic carbocycles. The zero-order valence-corrected chi connectivity index (χ0v) is 23.2. The van der Waals surface area contributed by atoms with E-state index < -0.39 is 16.5 Å². The molecular weight excluding hydrogens is 526 g/mol. The number of likely N-dealkylation sites (tertiary alicyclic amines) is 3. The molecular formula is C23H35N3O9S2. The van der Waals surface area contributed by atoms with Crippen LogP contribution in [0.5, 0.6) is 0 Å². The van der Waals surface area contributed by atoms with E-state index in [1.165, 1.54) is 9.80 Å². The van der Waals surface area contributed by atoms with Crippen LogP contribution in [0.3, 0.4) is 0 Å². The van der Waals surface area contributed by atoms with Crippen LogP contribution in [0.15, 0.2) is 0 Å². The fourth-order valence-corrected chi connectivity index (χ4v) is 3.67. The molecule has 3 atom stereocenters. The van der Waals surface area contributed by atoms with Crippen LogP contribution in [0, 0.1) is 5.92 Å². The summed E-state index contributed by atoms with van der Waals surface area (Å²) >= 11 is 7.82. The van der Waals surface area contributed by atoms with Crippen LogP contribution in [0.4, 0.5) is 0 Å². The van der Waals surface area contributed by atoms with E-state index in [2.05, 4.69) is 25.3 Å². The molecule has 3 rings (SSSR count). The Morgan fingerprint density at radius 1 is 0.838 bits per heavy atom. The molecule has 0 radical (unpaired) electrons. The summed E-state index contributed by atoms with van der Waals surface area (Å²) in [6, 6.07) is 0. The van der Waals surface area contributed by atoms with Crippen molar-refractivity contribution in [2.75, 3.05) is 19.6 Å². The van der Waals surface area contributed by atoms with E-state index in [-0.39, 0.29) is 60.7 Å². The van der Waals surface area contributed by atoms with Crippen molar-refractivity contribution in [1.29, 1.82) is 0 Å². The lowest BCUT2D eigenvalue weighted by molar-refractivity contribution is -0.141. The lowest BCUT2D eigenvalue weighted by Gasteiger charge is -2.08. The Labute approximate surface area is 226 Å². The molecule has 3 aliphatic rings. The van der Waals surface area contributed by atoms with Gasteiger partial charge in [-0.25, -0.2) is 0 Å². The van der Waals surface area contributed by atoms with Crippen molar-refractivity contribution in [3.05, 3.63) is 0 Å². The molecule has 3 heterocycles. The van der Waals surface area contributed by atoms with Crippen LogP contribution in [0.1, 0.15) is 59.8 Å². The zero-order valence-electron chi connectivity index (χ0n) is 21.4. The quantitative estimate of drug-likeness (QED) is 0.239. The third kappa shape index (κ3) is 10.6. The number of imide groups is 3. The van der Waals surface area contributed by atoms with Crippen molar-refractivity contribution in [2.24, 2.45) is 5.92 Å². The Balaban J connectivity index is 0.000000473. The standard InChI is InChI=1S/C6H7NO3S.C6H9NO2S.C6H9NO2.C5H10O2/c8-2-1-7-5(9)3-4(11)6(7)10;1-2-7-5(8)3-4(10)6(7)9;1-2-7-5(8)3-4-6(7)9;1-3-4(2)5(6)7/h2,4,11H,1,3H2;4,10H,2-3H2,1H3;2-4H2,1H3;4H,3H2,1-2H3,(H,6,7). The molecule has 208 valence electrons. The number of carbonyl (C=O) groups is 8. The third-order valence-electron chi connectivity index (χ3n) is 5.52. The lowest BCUT2D eigenvalue weighted by Crippen LogP contribution is -2.32. The van der Waals surface area contributed by atoms with E-state index >= 15 is 0 Å². The van der Waals surface area contributed by atoms with Crippen LogP contribution in [-0.4, -0.2) is 97.6 Å². The van der Waals surface area contributed by atoms with E-state index in [0.717, 1.165) is 11.3 Å². The van der Waals surface area contributed by atoms with Gasteiger partial charge in [-0.05, 0) is 20.3 Å². The second kappa shape index (κ2) is 16.9. The predicted octanol–water partition coefficient (Wildman–Crippen LogP) is 0.579. The molecule has 3 unspecified atom stereocenters. The zero-order chi connectivity index (χ0) is 28.9. The number of hydrogen-bond donors (Lipinski definition) is 3. The fraction of sp³-hybridized carbons (Fsp3) is 0.652. The van der Waals surface area contributed by atoms with Gasteiger partial charge in [-0.3, -0.25) is 48.3 Å². The van der Waals surface area contributed by atoms with Crippen LogP contribution < -0.4 is 0 Å². The topological polar surface area (TPSA) is 167 Å². The minimum absolute atomic E-state index is 0.0255. The molecule has 3 aliphatic heterocycles. The van der Waals surface area contributed by atoms with Crippen molar-refractivity contribution in [3.63, 3.8) is 0 Å². The molecule has 6 amide bonds. The van der Waals surface area contributed by atoms with Gasteiger partial charge in [0, 0.05) is 38.8 Å². The summed E-state index contributed by atoms with van der Waals surface area (Å²) in [5.74, 6) is -1.89. The molecule has 12 nitrogen and oxygen atoms in total. The normalized spacial score (nSPS) is 21.6. The molecule has 0 bridgehead atoms. The second-order valence-corrected chi connectivity index (χ2v) is 9.35. The Morgan fingerprint density at radius 3 is 1.43 bits per heavy atom. The number of carboxylic acid groups (broad SMARTS) is 1. The number of nitrogens with zero attached hydrogens (tertiary/aromatic N) is 3. The predicted molar refractivity (Wildman–Crippen MR) is 139 cm³/mol. The molecule has 37 heavy (non-hydrogen) atoms. The highest BCUT2D eigenvalue weighted by molar-refractivity contribution is 7.82. The molecule has 0 aromatic rings. The van der Waals surface area contributed by atoms with Crippen molar-refractivity contribution >= 4 is 73.0 Å². The summed E-state index contributed by atoms with van der Waals surface area (Å²) in [6.07, 6.45) is 2.43. The number of amides is 6. The first-order valence-electron chi connectivity index (χ1n) is 11.8. The maximum atomic E-state index is 11.0. The maximum absolute atomic E-state index is 11.0. The summed E-state index contributed by atoms with van der Waals surface area (Å²) in [5.41, 5.74) is 0. The van der Waals surface area contributed by atoms with E-state index in [1.807, 2.05) is 6.92 Å². The summed E-state index contributed by atoms with van der Waals surface area (Å²) in [7, 11) is 0. The summed E-state index contributed by atoms with van der Waals surface area (Å²) in [5, 5.41) is 7.23. The Hall–Kier alpha value is -2.74. The van der Waals surface area contributed by atoms with Gasteiger partial charge in [-0.1, -0.05) is 13.8 Å². The first-order chi connectivity index (χ1) is 17.3. The monoisotopic (exact) mass is 561 g/mol. The van der Waals surface area contributed by atoms with Crippen LogP contribution >= 0.6 is 25.3 Å². The molecule has 3 fully saturated rings. The third-order valence-corrected chi connectivity index (χ3v) is 6.33. The molecule has 0 aromatic heterocycles. The Bertz CT molecular complexity index is 881. The number of carboxylic acids is 1. The van der Waals surface area contributed by atoms with Gasteiger partial charge in [0.2, 0.25) is 35.4 Å². The molecule has 0 spiro atoms. The molecule has 0 saturated carbocycles. The van der Waals surface area contributed by atoms with Crippen molar-refractivity contribution < 1.29 is 43.5 Å². The smallest absolute Gasteiger partial charge is 0.306 e. The lowest BCUT2D eigenvalue weighted by atomic mass is 10.1. The Kier molecular flexibility index (Phi) is 15.6. The van der Waals surface area contributed by atoms with E-state index in [0.29, 0.717) is 32.2 Å². The largest absolute Gasteiger partial charge is 0.481 e. The number of thiol groups is 2. The van der Waals surface area contributed by atoms with Gasteiger partial charge in [0.1, 0.15) is 6.29 Å². The van der Waals surface area contributed by atoms with Gasteiger partial charge in [-0.2, -0.15) is 25.3 Å². The Morgan fingerprint density at radius 2 is 1.24 bits per heavy atom. The molecule has 1 N–H and O–H groups in total. The SMILES string of the molecule is CCC(C)C(=O)O.CCN1C(=O)CC(S)C1=O.CCN1C(=O)CCC1=O.O=CCN1C(=O)CC(S)C1=O. The van der Waals surface area contributed by atoms with E-state index in [9.17, 15) is 38.4 Å². The minimum atomic E-state index is -0.706. The minimum Gasteiger partial charge on any atom is -0.481 e. The second-order valence-electron chi connectivity index (χ2n) is 8.10. The average Bonchev–Trinajstić information content (AvgIpc) is 3.40. The van der Waals surface area contributed by atoms with Gasteiger partial charge < -0.3 is 9.90 Å². The first kappa shape index (κ1) is 34.3. The maximum Gasteiger partial charge on any atom is 0.306 e. The summed E-state index contributed by atoms with van der Waals surface area (Å²) < 4.78 is 0. The van der Waals surface area contributed by atoms with Crippen molar-refractivity contribution in [2.45, 2.75) is 70.3 Å². The van der Waals surface area contributed by atoms with Gasteiger partial charge in [0.15, 0.2) is 0 Å². The van der Waals surface area contributed by atoms with Gasteiger partial charge >= 0.3 is 5.97 Å². The highest BCUT2D eigenvalue weighted by atomic mass is 32.1. The highest BCUT2D eigenvalue weighted by Gasteiger charge is 2.36. The first-order valence-corrected chi connectivity index (χ1v) is 12.8. The number of aliphatic carboxylic acids is 1. The summed E-state index contributed by atoms with van der Waals surface area (Å²) in [4.78, 5) is 88.5. The summed E-state index contributed by atoms with van der Waals surface area (Å²) in [6.45, 7) is 7.99. The van der Waals surface area contributed by atoms with E-state index in [4.69, 9.17) is 5.11 Å². The molecule has 3 saturated heterocycles. The van der Waals surface area contributed by atoms with Crippen LogP contribution in [0.25, 0.3) is 0 Å². The molecule has 14 heteroatoms. The number of hydrogen-bond acceptors (Lipinski definition) is 10.